The maximum atomic E-state index is 6.23. The van der Waals surface area contributed by atoms with E-state index in [1.54, 1.807) is 0 Å². The van der Waals surface area contributed by atoms with Crippen LogP contribution < -0.4 is 10.1 Å². The summed E-state index contributed by atoms with van der Waals surface area (Å²) in [5.74, 6) is 1.43. The van der Waals surface area contributed by atoms with E-state index >= 15 is 0 Å². The smallest absolute Gasteiger partial charge is 0.119 e. The second-order valence-corrected chi connectivity index (χ2v) is 7.23. The van der Waals surface area contributed by atoms with Gasteiger partial charge in [-0.1, -0.05) is 36.8 Å². The maximum absolute atomic E-state index is 6.23. The first-order valence-electron chi connectivity index (χ1n) is 9.47. The summed E-state index contributed by atoms with van der Waals surface area (Å²) in [7, 11) is 0. The molecular weight excluding hydrogens is 310 g/mol. The van der Waals surface area contributed by atoms with Crippen LogP contribution in [0.15, 0.2) is 42.5 Å². The van der Waals surface area contributed by atoms with E-state index in [4.69, 9.17) is 9.47 Å². The van der Waals surface area contributed by atoms with Gasteiger partial charge in [0.1, 0.15) is 5.75 Å². The first-order chi connectivity index (χ1) is 12.3. The average Bonchev–Trinajstić information content (AvgIpc) is 2.66. The van der Waals surface area contributed by atoms with Crippen molar-refractivity contribution in [1.82, 2.24) is 0 Å². The molecule has 3 nitrogen and oxygen atoms in total. The number of aryl methyl sites for hydroxylation is 1. The number of rotatable bonds is 4. The summed E-state index contributed by atoms with van der Waals surface area (Å²) in [5, 5.41) is 3.78. The van der Waals surface area contributed by atoms with Gasteiger partial charge in [-0.15, -0.1) is 0 Å². The van der Waals surface area contributed by atoms with Crippen LogP contribution in [-0.2, 0) is 4.74 Å². The number of nitrogens with one attached hydrogen (secondary N) is 1. The monoisotopic (exact) mass is 337 g/mol. The van der Waals surface area contributed by atoms with Crippen molar-refractivity contribution in [2.75, 3.05) is 18.5 Å². The van der Waals surface area contributed by atoms with E-state index < -0.39 is 0 Å². The van der Waals surface area contributed by atoms with Crippen molar-refractivity contribution in [2.24, 2.45) is 5.92 Å². The maximum Gasteiger partial charge on any atom is 0.119 e. The van der Waals surface area contributed by atoms with Gasteiger partial charge < -0.3 is 14.8 Å². The molecule has 0 spiro atoms. The van der Waals surface area contributed by atoms with Gasteiger partial charge in [-0.25, -0.2) is 0 Å². The first-order valence-corrected chi connectivity index (χ1v) is 9.47. The molecule has 0 aliphatic carbocycles. The highest BCUT2D eigenvalue weighted by Crippen LogP contribution is 2.49. The van der Waals surface area contributed by atoms with Crippen molar-refractivity contribution >= 4 is 5.69 Å². The molecule has 2 aliphatic heterocycles. The third-order valence-corrected chi connectivity index (χ3v) is 5.33. The van der Waals surface area contributed by atoms with Crippen molar-refractivity contribution in [1.29, 1.82) is 0 Å². The van der Waals surface area contributed by atoms with Crippen LogP contribution in [-0.4, -0.2) is 13.2 Å². The van der Waals surface area contributed by atoms with E-state index in [1.807, 2.05) is 0 Å². The molecule has 2 aromatic rings. The third-order valence-electron chi connectivity index (χ3n) is 5.33. The Morgan fingerprint density at radius 2 is 2.00 bits per heavy atom. The van der Waals surface area contributed by atoms with E-state index in [2.05, 4.69) is 61.6 Å². The van der Waals surface area contributed by atoms with Crippen LogP contribution in [0.2, 0.25) is 0 Å². The van der Waals surface area contributed by atoms with Crippen LogP contribution in [0.1, 0.15) is 55.0 Å². The molecule has 1 fully saturated rings. The molecule has 1 unspecified atom stereocenters. The molecule has 0 radical (unpaired) electrons. The molecule has 2 heterocycles. The van der Waals surface area contributed by atoms with Gasteiger partial charge in [0.05, 0.1) is 18.8 Å². The van der Waals surface area contributed by atoms with E-state index in [1.165, 1.54) is 28.8 Å². The van der Waals surface area contributed by atoms with Crippen molar-refractivity contribution in [3.05, 3.63) is 59.2 Å². The summed E-state index contributed by atoms with van der Waals surface area (Å²) in [6, 6.07) is 15.5. The predicted molar refractivity (Wildman–Crippen MR) is 101 cm³/mol. The Balaban J connectivity index is 1.64. The fraction of sp³-hybridized carbons (Fsp3) is 0.455. The van der Waals surface area contributed by atoms with E-state index in [0.717, 1.165) is 31.8 Å². The Hall–Kier alpha value is -2.00. The van der Waals surface area contributed by atoms with Gasteiger partial charge in [-0.05, 0) is 49.9 Å². The highest BCUT2D eigenvalue weighted by molar-refractivity contribution is 5.58. The number of anilines is 1. The molecule has 3 heteroatoms. The van der Waals surface area contributed by atoms with Crippen LogP contribution in [0, 0.1) is 12.8 Å². The number of ether oxygens (including phenoxy) is 2. The minimum atomic E-state index is 0.200. The minimum absolute atomic E-state index is 0.200. The number of hydrogen-bond acceptors (Lipinski definition) is 3. The number of hydrogen-bond donors (Lipinski definition) is 1. The topological polar surface area (TPSA) is 30.5 Å². The zero-order valence-electron chi connectivity index (χ0n) is 15.1. The standard InChI is InChI=1S/C22H27NO2/c1-3-12-24-17-9-7-16(8-10-17)21-18-5-4-13-25-22(18)19-14-15(2)6-11-20(19)23-21/h6-11,14,18,21-23H,3-5,12-13H2,1-2H3/t18-,21?,22-/m0/s1. The zero-order valence-corrected chi connectivity index (χ0v) is 15.1. The van der Waals surface area contributed by atoms with Crippen molar-refractivity contribution in [3.8, 4) is 5.75 Å². The molecule has 2 aliphatic rings. The first kappa shape index (κ1) is 16.5. The summed E-state index contributed by atoms with van der Waals surface area (Å²) in [6.45, 7) is 5.92. The van der Waals surface area contributed by atoms with Gasteiger partial charge in [0.25, 0.3) is 0 Å². The lowest BCUT2D eigenvalue weighted by atomic mass is 9.77. The van der Waals surface area contributed by atoms with Gasteiger partial charge in [-0.3, -0.25) is 0 Å². The molecule has 0 bridgehead atoms. The summed E-state index contributed by atoms with van der Waals surface area (Å²) >= 11 is 0. The Bertz CT molecular complexity index is 725. The Labute approximate surface area is 150 Å². The Morgan fingerprint density at radius 1 is 1.16 bits per heavy atom. The quantitative estimate of drug-likeness (QED) is 0.808. The molecule has 2 aromatic carbocycles. The summed E-state index contributed by atoms with van der Waals surface area (Å²) < 4.78 is 12.0. The molecule has 0 amide bonds. The lowest BCUT2D eigenvalue weighted by molar-refractivity contribution is -0.0381. The van der Waals surface area contributed by atoms with Crippen LogP contribution >= 0.6 is 0 Å². The van der Waals surface area contributed by atoms with E-state index in [0.29, 0.717) is 12.0 Å². The molecule has 25 heavy (non-hydrogen) atoms. The molecular formula is C22H27NO2. The molecule has 4 rings (SSSR count). The second-order valence-electron chi connectivity index (χ2n) is 7.23. The fourth-order valence-electron chi connectivity index (χ4n) is 4.11. The van der Waals surface area contributed by atoms with Gasteiger partial charge in [0, 0.05) is 23.8 Å². The van der Waals surface area contributed by atoms with Gasteiger partial charge in [0.2, 0.25) is 0 Å². The largest absolute Gasteiger partial charge is 0.494 e. The third kappa shape index (κ3) is 3.25. The van der Waals surface area contributed by atoms with Crippen LogP contribution in [0.3, 0.4) is 0 Å². The Kier molecular flexibility index (Phi) is 4.67. The van der Waals surface area contributed by atoms with Crippen LogP contribution in [0.4, 0.5) is 5.69 Å². The Morgan fingerprint density at radius 3 is 2.80 bits per heavy atom. The number of benzene rings is 2. The molecule has 132 valence electrons. The molecule has 0 aromatic heterocycles. The van der Waals surface area contributed by atoms with E-state index in [-0.39, 0.29) is 6.10 Å². The van der Waals surface area contributed by atoms with Crippen molar-refractivity contribution in [2.45, 2.75) is 45.3 Å². The molecule has 1 N–H and O–H groups in total. The highest BCUT2D eigenvalue weighted by Gasteiger charge is 2.39. The van der Waals surface area contributed by atoms with Gasteiger partial charge in [0.15, 0.2) is 0 Å². The summed E-state index contributed by atoms with van der Waals surface area (Å²) in [4.78, 5) is 0. The summed E-state index contributed by atoms with van der Waals surface area (Å²) in [5.41, 5.74) is 5.15. The van der Waals surface area contributed by atoms with Crippen LogP contribution in [0.5, 0.6) is 5.75 Å². The average molecular weight is 337 g/mol. The molecule has 1 saturated heterocycles. The van der Waals surface area contributed by atoms with Gasteiger partial charge in [-0.2, -0.15) is 0 Å². The zero-order chi connectivity index (χ0) is 17.2. The lowest BCUT2D eigenvalue weighted by Gasteiger charge is -2.43. The fourth-order valence-corrected chi connectivity index (χ4v) is 4.11. The normalized spacial score (nSPS) is 24.8. The minimum Gasteiger partial charge on any atom is -0.494 e. The lowest BCUT2D eigenvalue weighted by Crippen LogP contribution is -2.36. The van der Waals surface area contributed by atoms with E-state index in [9.17, 15) is 0 Å². The SMILES string of the molecule is CCCOc1ccc(C2Nc3ccc(C)cc3[C@H]3OCCC[C@@H]23)cc1. The predicted octanol–water partition coefficient (Wildman–Crippen LogP) is 5.42. The summed E-state index contributed by atoms with van der Waals surface area (Å²) in [6.07, 6.45) is 3.57. The highest BCUT2D eigenvalue weighted by atomic mass is 16.5. The number of fused-ring (bicyclic) bond motifs is 3. The molecule has 3 atom stereocenters. The molecule has 0 saturated carbocycles. The van der Waals surface area contributed by atoms with Crippen molar-refractivity contribution in [3.63, 3.8) is 0 Å². The van der Waals surface area contributed by atoms with Crippen molar-refractivity contribution < 1.29 is 9.47 Å². The van der Waals surface area contributed by atoms with Gasteiger partial charge >= 0.3 is 0 Å². The second kappa shape index (κ2) is 7.09. The van der Waals surface area contributed by atoms with Crippen LogP contribution in [0.25, 0.3) is 0 Å².